The van der Waals surface area contributed by atoms with Gasteiger partial charge in [0, 0.05) is 30.3 Å². The number of carbonyl (C=O) groups is 3. The van der Waals surface area contributed by atoms with Crippen LogP contribution in [-0.4, -0.2) is 49.5 Å². The molecule has 200 valence electrons. The maximum Gasteiger partial charge on any atom is 0.238 e. The number of amides is 1. The van der Waals surface area contributed by atoms with Gasteiger partial charge < -0.3 is 10.1 Å². The minimum Gasteiger partial charge on any atom is -0.315 e. The highest BCUT2D eigenvalue weighted by molar-refractivity contribution is 9.10. The monoisotopic (exact) mass is 604 g/mol. The standard InChI is InChI=1S/C28H29BrN6O3Si/c1-17(36)26-21-12-19(20-13-30-18(2)31-14-20)8-9-22(21)35(34-26)15-25(37)39(11-10-28(3,4)16-39)27(38)33-24-7-5-6-23(29)32-24/h5-9,12-14H,10-11,15-16H2,1-4H3,(H,32,33,38)/t39-/m1/s1. The van der Waals surface area contributed by atoms with Gasteiger partial charge in [-0.05, 0) is 76.6 Å². The van der Waals surface area contributed by atoms with Crippen molar-refractivity contribution in [2.45, 2.75) is 52.7 Å². The van der Waals surface area contributed by atoms with Crippen LogP contribution in [0.3, 0.4) is 0 Å². The third kappa shape index (κ3) is 5.33. The fourth-order valence-corrected chi connectivity index (χ4v) is 10.8. The van der Waals surface area contributed by atoms with E-state index in [0.29, 0.717) is 39.2 Å². The van der Waals surface area contributed by atoms with Crippen LogP contribution in [-0.2, 0) is 11.3 Å². The molecule has 1 aromatic carbocycles. The van der Waals surface area contributed by atoms with Crippen molar-refractivity contribution in [1.29, 1.82) is 0 Å². The van der Waals surface area contributed by atoms with Crippen LogP contribution < -0.4 is 5.32 Å². The summed E-state index contributed by atoms with van der Waals surface area (Å²) in [5.74, 6) is 0.884. The van der Waals surface area contributed by atoms with Gasteiger partial charge in [-0.2, -0.15) is 5.10 Å². The molecule has 0 unspecified atom stereocenters. The van der Waals surface area contributed by atoms with E-state index in [4.69, 9.17) is 0 Å². The van der Waals surface area contributed by atoms with Crippen LogP contribution in [0.2, 0.25) is 12.1 Å². The van der Waals surface area contributed by atoms with Crippen molar-refractivity contribution in [1.82, 2.24) is 24.7 Å². The number of carbonyl (C=O) groups excluding carboxylic acids is 3. The third-order valence-electron chi connectivity index (χ3n) is 7.43. The molecule has 1 aliphatic heterocycles. The number of hydrogen-bond acceptors (Lipinski definition) is 7. The first-order valence-corrected chi connectivity index (χ1v) is 16.0. The van der Waals surface area contributed by atoms with Gasteiger partial charge >= 0.3 is 0 Å². The summed E-state index contributed by atoms with van der Waals surface area (Å²) in [6, 6.07) is 12.0. The Morgan fingerprint density at radius 3 is 2.49 bits per heavy atom. The molecule has 0 spiro atoms. The Bertz CT molecular complexity index is 1620. The van der Waals surface area contributed by atoms with Gasteiger partial charge in [-0.15, -0.1) is 0 Å². The van der Waals surface area contributed by atoms with E-state index in [0.717, 1.165) is 17.5 Å². The molecular formula is C28H29BrN6O3Si. The molecule has 1 saturated heterocycles. The lowest BCUT2D eigenvalue weighted by atomic mass is 9.94. The normalized spacial score (nSPS) is 18.3. The maximum absolute atomic E-state index is 14.1. The second-order valence-electron chi connectivity index (χ2n) is 11.0. The number of rotatable bonds is 7. The predicted octanol–water partition coefficient (Wildman–Crippen LogP) is 5.96. The molecule has 0 radical (unpaired) electrons. The lowest BCUT2D eigenvalue weighted by molar-refractivity contribution is -0.113. The van der Waals surface area contributed by atoms with E-state index in [9.17, 15) is 14.4 Å². The number of pyridine rings is 1. The number of benzene rings is 1. The predicted molar refractivity (Wildman–Crippen MR) is 155 cm³/mol. The summed E-state index contributed by atoms with van der Waals surface area (Å²) in [7, 11) is -3.14. The Labute approximate surface area is 235 Å². The molecule has 4 heterocycles. The number of anilines is 1. The summed E-state index contributed by atoms with van der Waals surface area (Å²) in [5.41, 5.74) is 2.27. The summed E-state index contributed by atoms with van der Waals surface area (Å²) in [5, 5.41) is 8.03. The van der Waals surface area contributed by atoms with Gasteiger partial charge in [0.15, 0.2) is 5.78 Å². The van der Waals surface area contributed by atoms with E-state index in [1.165, 1.54) is 6.92 Å². The van der Waals surface area contributed by atoms with Gasteiger partial charge in [0.05, 0.1) is 12.1 Å². The van der Waals surface area contributed by atoms with Crippen molar-refractivity contribution in [2.24, 2.45) is 5.41 Å². The molecule has 1 atom stereocenters. The van der Waals surface area contributed by atoms with Crippen LogP contribution in [0.25, 0.3) is 22.0 Å². The summed E-state index contributed by atoms with van der Waals surface area (Å²) in [6.45, 7) is 7.42. The highest BCUT2D eigenvalue weighted by Crippen LogP contribution is 2.45. The molecule has 1 fully saturated rings. The first-order valence-electron chi connectivity index (χ1n) is 12.8. The van der Waals surface area contributed by atoms with E-state index in [1.807, 2.05) is 25.1 Å². The fraction of sp³-hybridized carbons (Fsp3) is 0.321. The van der Waals surface area contributed by atoms with Gasteiger partial charge in [0.1, 0.15) is 27.3 Å². The zero-order valence-electron chi connectivity index (χ0n) is 22.3. The van der Waals surface area contributed by atoms with Crippen molar-refractivity contribution in [3.05, 3.63) is 64.9 Å². The van der Waals surface area contributed by atoms with E-state index in [-0.39, 0.29) is 34.4 Å². The number of ketones is 1. The van der Waals surface area contributed by atoms with E-state index >= 15 is 0 Å². The van der Waals surface area contributed by atoms with Crippen LogP contribution in [0.5, 0.6) is 0 Å². The highest BCUT2D eigenvalue weighted by atomic mass is 79.9. The van der Waals surface area contributed by atoms with Gasteiger partial charge in [-0.1, -0.05) is 26.0 Å². The molecule has 0 saturated carbocycles. The molecule has 9 nitrogen and oxygen atoms in total. The topological polar surface area (TPSA) is 120 Å². The zero-order chi connectivity index (χ0) is 27.9. The van der Waals surface area contributed by atoms with Gasteiger partial charge in [-0.25, -0.2) is 15.0 Å². The number of nitrogens with one attached hydrogen (secondary N) is 1. The van der Waals surface area contributed by atoms with E-state index < -0.39 is 8.07 Å². The van der Waals surface area contributed by atoms with Crippen molar-refractivity contribution >= 4 is 57.4 Å². The maximum atomic E-state index is 14.1. The smallest absolute Gasteiger partial charge is 0.238 e. The quantitative estimate of drug-likeness (QED) is 0.157. The van der Waals surface area contributed by atoms with Crippen molar-refractivity contribution in [3.63, 3.8) is 0 Å². The summed E-state index contributed by atoms with van der Waals surface area (Å²) in [6.07, 6.45) is 4.27. The first kappa shape index (κ1) is 27.0. The Morgan fingerprint density at radius 2 is 1.85 bits per heavy atom. The molecule has 4 aromatic rings. The van der Waals surface area contributed by atoms with Crippen LogP contribution in [0.1, 0.15) is 43.5 Å². The van der Waals surface area contributed by atoms with Crippen LogP contribution in [0.4, 0.5) is 10.6 Å². The second kappa shape index (κ2) is 10.2. The van der Waals surface area contributed by atoms with E-state index in [1.54, 1.807) is 35.3 Å². The lowest BCUT2D eigenvalue weighted by Gasteiger charge is -2.26. The highest BCUT2D eigenvalue weighted by Gasteiger charge is 2.56. The molecule has 1 amide bonds. The average molecular weight is 606 g/mol. The Balaban J connectivity index is 1.50. The molecule has 5 rings (SSSR count). The minimum atomic E-state index is -3.14. The van der Waals surface area contributed by atoms with Crippen molar-refractivity contribution in [3.8, 4) is 11.1 Å². The summed E-state index contributed by atoms with van der Waals surface area (Å²) in [4.78, 5) is 53.2. The number of aromatic nitrogens is 5. The van der Waals surface area contributed by atoms with Gasteiger partial charge in [-0.3, -0.25) is 14.3 Å². The largest absolute Gasteiger partial charge is 0.315 e. The Hall–Kier alpha value is -3.57. The molecule has 39 heavy (non-hydrogen) atoms. The summed E-state index contributed by atoms with van der Waals surface area (Å²) < 4.78 is 2.18. The molecule has 1 N–H and O–H groups in total. The Kier molecular flexibility index (Phi) is 7.06. The number of fused-ring (bicyclic) bond motifs is 1. The van der Waals surface area contributed by atoms with Crippen molar-refractivity contribution in [2.75, 3.05) is 5.32 Å². The number of halogens is 1. The third-order valence-corrected chi connectivity index (χ3v) is 12.8. The summed E-state index contributed by atoms with van der Waals surface area (Å²) >= 11 is 3.34. The second-order valence-corrected chi connectivity index (χ2v) is 15.8. The number of Topliss-reactive ketones (excluding diaryl/α,β-unsaturated/α-hetero) is 1. The molecule has 0 bridgehead atoms. The van der Waals surface area contributed by atoms with Gasteiger partial charge in [0.25, 0.3) is 0 Å². The number of aryl methyl sites for hydroxylation is 1. The van der Waals surface area contributed by atoms with Crippen LogP contribution in [0, 0.1) is 12.3 Å². The average Bonchev–Trinajstić information content (AvgIpc) is 3.42. The fourth-order valence-electron chi connectivity index (χ4n) is 5.39. The first-order chi connectivity index (χ1) is 18.5. The molecular weight excluding hydrogens is 576 g/mol. The Morgan fingerprint density at radius 1 is 1.10 bits per heavy atom. The van der Waals surface area contributed by atoms with E-state index in [2.05, 4.69) is 55.1 Å². The minimum absolute atomic E-state index is 0.0710. The lowest BCUT2D eigenvalue weighted by Crippen LogP contribution is -2.54. The molecule has 0 aliphatic carbocycles. The van der Waals surface area contributed by atoms with Gasteiger partial charge in [0.2, 0.25) is 13.6 Å². The number of hydrogen-bond donors (Lipinski definition) is 1. The molecule has 11 heteroatoms. The van der Waals surface area contributed by atoms with Crippen LogP contribution in [0.15, 0.2) is 53.4 Å². The molecule has 1 aliphatic rings. The number of nitrogens with zero attached hydrogens (tertiary/aromatic N) is 5. The molecule has 3 aromatic heterocycles. The zero-order valence-corrected chi connectivity index (χ0v) is 24.9. The van der Waals surface area contributed by atoms with Crippen molar-refractivity contribution < 1.29 is 14.4 Å². The SMILES string of the molecule is CC(=O)c1nn(CC(=O)[Si@@]2(C(=O)Nc3cccc(Br)n3)CCC(C)(C)C2)c2ccc(-c3cnc(C)nc3)cc12. The van der Waals surface area contributed by atoms with Crippen LogP contribution >= 0.6 is 15.9 Å².